The molecule has 0 N–H and O–H groups in total. The van der Waals surface area contributed by atoms with Crippen molar-refractivity contribution in [3.05, 3.63) is 46.5 Å². The minimum atomic E-state index is 0.490. The van der Waals surface area contributed by atoms with E-state index in [-0.39, 0.29) is 0 Å². The lowest BCUT2D eigenvalue weighted by molar-refractivity contribution is 0.300. The van der Waals surface area contributed by atoms with Crippen LogP contribution in [-0.2, 0) is 13.7 Å². The van der Waals surface area contributed by atoms with Gasteiger partial charge in [-0.15, -0.1) is 0 Å². The molecule has 4 heteroatoms. The van der Waals surface area contributed by atoms with Crippen LogP contribution in [0.2, 0.25) is 0 Å². The first kappa shape index (κ1) is 11.2. The predicted octanol–water partition coefficient (Wildman–Crippen LogP) is 3.07. The molecule has 2 rings (SSSR count). The second-order valence-corrected chi connectivity index (χ2v) is 4.46. The van der Waals surface area contributed by atoms with Gasteiger partial charge in [0.05, 0.1) is 10.2 Å². The van der Waals surface area contributed by atoms with Crippen molar-refractivity contribution in [2.24, 2.45) is 7.05 Å². The number of hydrogen-bond donors (Lipinski definition) is 0. The average molecular weight is 281 g/mol. The van der Waals surface area contributed by atoms with Gasteiger partial charge in [-0.3, -0.25) is 0 Å². The lowest BCUT2D eigenvalue weighted by Gasteiger charge is -2.05. The van der Waals surface area contributed by atoms with Gasteiger partial charge >= 0.3 is 0 Å². The number of hydrogen-bond acceptors (Lipinski definition) is 2. The summed E-state index contributed by atoms with van der Waals surface area (Å²) < 4.78 is 8.61. The van der Waals surface area contributed by atoms with Crippen molar-refractivity contribution in [3.8, 4) is 5.75 Å². The van der Waals surface area contributed by atoms with Crippen LogP contribution in [0.15, 0.2) is 34.9 Å². The zero-order valence-electron chi connectivity index (χ0n) is 9.27. The van der Waals surface area contributed by atoms with Gasteiger partial charge < -0.3 is 9.30 Å². The number of imidazole rings is 1. The Kier molecular flexibility index (Phi) is 3.29. The molecule has 2 aromatic rings. The fraction of sp³-hybridized carbons (Fsp3) is 0.250. The van der Waals surface area contributed by atoms with Gasteiger partial charge in [0, 0.05) is 13.2 Å². The van der Waals surface area contributed by atoms with Crippen molar-refractivity contribution in [1.29, 1.82) is 0 Å². The molecule has 1 aromatic heterocycles. The molecule has 16 heavy (non-hydrogen) atoms. The van der Waals surface area contributed by atoms with E-state index >= 15 is 0 Å². The lowest BCUT2D eigenvalue weighted by Crippen LogP contribution is -1.96. The van der Waals surface area contributed by atoms with Crippen LogP contribution in [0.25, 0.3) is 0 Å². The molecule has 0 aliphatic carbocycles. The van der Waals surface area contributed by atoms with Crippen molar-refractivity contribution in [1.82, 2.24) is 9.55 Å². The Bertz CT molecular complexity index is 474. The number of benzene rings is 1. The molecule has 0 saturated heterocycles. The van der Waals surface area contributed by atoms with Gasteiger partial charge in [-0.25, -0.2) is 4.98 Å². The lowest BCUT2D eigenvalue weighted by atomic mass is 10.3. The van der Waals surface area contributed by atoms with Crippen LogP contribution in [0.4, 0.5) is 0 Å². The highest BCUT2D eigenvalue weighted by Crippen LogP contribution is 2.24. The second-order valence-electron chi connectivity index (χ2n) is 3.61. The molecule has 0 spiro atoms. The standard InChI is InChI=1S/C12H13BrN2O/c1-9-14-10(7-15(9)2)8-16-12-6-4-3-5-11(12)13/h3-7H,8H2,1-2H3. The summed E-state index contributed by atoms with van der Waals surface area (Å²) in [6.07, 6.45) is 1.98. The molecule has 0 radical (unpaired) electrons. The summed E-state index contributed by atoms with van der Waals surface area (Å²) in [6.45, 7) is 2.46. The summed E-state index contributed by atoms with van der Waals surface area (Å²) in [6, 6.07) is 7.80. The Morgan fingerprint density at radius 2 is 2.12 bits per heavy atom. The fourth-order valence-electron chi connectivity index (χ4n) is 1.42. The molecule has 0 saturated carbocycles. The molecule has 1 heterocycles. The normalized spacial score (nSPS) is 10.4. The molecule has 0 aliphatic rings. The second kappa shape index (κ2) is 4.70. The van der Waals surface area contributed by atoms with Crippen molar-refractivity contribution in [2.75, 3.05) is 0 Å². The van der Waals surface area contributed by atoms with E-state index in [0.29, 0.717) is 6.61 Å². The quantitative estimate of drug-likeness (QED) is 0.864. The van der Waals surface area contributed by atoms with Crippen molar-refractivity contribution >= 4 is 15.9 Å². The molecular weight excluding hydrogens is 268 g/mol. The summed E-state index contributed by atoms with van der Waals surface area (Å²) >= 11 is 3.44. The first-order valence-electron chi connectivity index (χ1n) is 5.03. The molecule has 3 nitrogen and oxygen atoms in total. The van der Waals surface area contributed by atoms with Crippen LogP contribution >= 0.6 is 15.9 Å². The van der Waals surface area contributed by atoms with E-state index in [2.05, 4.69) is 20.9 Å². The van der Waals surface area contributed by atoms with Crippen LogP contribution < -0.4 is 4.74 Å². The van der Waals surface area contributed by atoms with Crippen LogP contribution in [-0.4, -0.2) is 9.55 Å². The van der Waals surface area contributed by atoms with E-state index in [1.807, 2.05) is 49.0 Å². The zero-order chi connectivity index (χ0) is 11.5. The maximum Gasteiger partial charge on any atom is 0.134 e. The summed E-state index contributed by atoms with van der Waals surface area (Å²) in [5, 5.41) is 0. The first-order valence-corrected chi connectivity index (χ1v) is 5.82. The maximum atomic E-state index is 5.67. The van der Waals surface area contributed by atoms with E-state index in [1.165, 1.54) is 0 Å². The SMILES string of the molecule is Cc1nc(COc2ccccc2Br)cn1C. The highest BCUT2D eigenvalue weighted by atomic mass is 79.9. The van der Waals surface area contributed by atoms with Crippen LogP contribution in [0.5, 0.6) is 5.75 Å². The number of aryl methyl sites for hydroxylation is 2. The van der Waals surface area contributed by atoms with Gasteiger partial charge in [-0.05, 0) is 35.0 Å². The third-order valence-corrected chi connectivity index (χ3v) is 3.03. The van der Waals surface area contributed by atoms with Gasteiger partial charge in [-0.2, -0.15) is 0 Å². The maximum absolute atomic E-state index is 5.67. The largest absolute Gasteiger partial charge is 0.486 e. The van der Waals surface area contributed by atoms with E-state index in [4.69, 9.17) is 4.74 Å². The molecular formula is C12H13BrN2O. The molecule has 0 aliphatic heterocycles. The number of para-hydroxylation sites is 1. The van der Waals surface area contributed by atoms with Crippen LogP contribution in [0.3, 0.4) is 0 Å². The minimum Gasteiger partial charge on any atom is -0.486 e. The fourth-order valence-corrected chi connectivity index (χ4v) is 1.81. The van der Waals surface area contributed by atoms with Crippen LogP contribution in [0, 0.1) is 6.92 Å². The van der Waals surface area contributed by atoms with Gasteiger partial charge in [0.25, 0.3) is 0 Å². The molecule has 1 aromatic carbocycles. The third kappa shape index (κ3) is 2.44. The highest BCUT2D eigenvalue weighted by Gasteiger charge is 2.03. The summed E-state index contributed by atoms with van der Waals surface area (Å²) in [5.74, 6) is 1.83. The third-order valence-electron chi connectivity index (χ3n) is 2.37. The number of ether oxygens (including phenoxy) is 1. The molecule has 0 amide bonds. The minimum absolute atomic E-state index is 0.490. The molecule has 0 fully saturated rings. The van der Waals surface area contributed by atoms with Crippen molar-refractivity contribution in [3.63, 3.8) is 0 Å². The number of halogens is 1. The van der Waals surface area contributed by atoms with Gasteiger partial charge in [0.2, 0.25) is 0 Å². The Labute approximate surface area is 103 Å². The summed E-state index contributed by atoms with van der Waals surface area (Å²) in [7, 11) is 1.98. The Balaban J connectivity index is 2.05. The van der Waals surface area contributed by atoms with Crippen LogP contribution in [0.1, 0.15) is 11.5 Å². The predicted molar refractivity (Wildman–Crippen MR) is 66.4 cm³/mol. The Hall–Kier alpha value is -1.29. The highest BCUT2D eigenvalue weighted by molar-refractivity contribution is 9.10. The number of rotatable bonds is 3. The van der Waals surface area contributed by atoms with Gasteiger partial charge in [0.15, 0.2) is 0 Å². The smallest absolute Gasteiger partial charge is 0.134 e. The molecule has 0 unspecified atom stereocenters. The zero-order valence-corrected chi connectivity index (χ0v) is 10.9. The Morgan fingerprint density at radius 3 is 2.75 bits per heavy atom. The first-order chi connectivity index (χ1) is 7.66. The van der Waals surface area contributed by atoms with Gasteiger partial charge in [0.1, 0.15) is 18.2 Å². The number of aromatic nitrogens is 2. The van der Waals surface area contributed by atoms with Gasteiger partial charge in [-0.1, -0.05) is 12.1 Å². The summed E-state index contributed by atoms with van der Waals surface area (Å²) in [5.41, 5.74) is 0.941. The van der Waals surface area contributed by atoms with Crippen molar-refractivity contribution < 1.29 is 4.74 Å². The van der Waals surface area contributed by atoms with E-state index in [0.717, 1.165) is 21.7 Å². The van der Waals surface area contributed by atoms with E-state index in [9.17, 15) is 0 Å². The van der Waals surface area contributed by atoms with E-state index in [1.54, 1.807) is 0 Å². The topological polar surface area (TPSA) is 27.1 Å². The monoisotopic (exact) mass is 280 g/mol. The molecule has 0 atom stereocenters. The average Bonchev–Trinajstić information content (AvgIpc) is 2.57. The number of nitrogens with zero attached hydrogens (tertiary/aromatic N) is 2. The van der Waals surface area contributed by atoms with Crippen molar-refractivity contribution in [2.45, 2.75) is 13.5 Å². The summed E-state index contributed by atoms with van der Waals surface area (Å²) in [4.78, 5) is 4.38. The molecule has 0 bridgehead atoms. The molecule has 84 valence electrons. The van der Waals surface area contributed by atoms with E-state index < -0.39 is 0 Å². The Morgan fingerprint density at radius 1 is 1.38 bits per heavy atom.